The second-order valence-electron chi connectivity index (χ2n) is 6.59. The first-order valence-electron chi connectivity index (χ1n) is 8.00. The third-order valence-electron chi connectivity index (χ3n) is 4.65. The van der Waals surface area contributed by atoms with Crippen molar-refractivity contribution in [1.82, 2.24) is 15.0 Å². The van der Waals surface area contributed by atoms with E-state index in [-0.39, 0.29) is 29.8 Å². The van der Waals surface area contributed by atoms with Gasteiger partial charge in [-0.2, -0.15) is 0 Å². The van der Waals surface area contributed by atoms with Crippen LogP contribution in [0.5, 0.6) is 0 Å². The number of aromatic nitrogens is 1. The average molecular weight is 305 g/mol. The van der Waals surface area contributed by atoms with E-state index in [0.717, 1.165) is 30.8 Å². The lowest BCUT2D eigenvalue weighted by Gasteiger charge is -2.26. The summed E-state index contributed by atoms with van der Waals surface area (Å²) in [7, 11) is 0. The SMILES string of the molecule is Cc1cc([C@H]2CCCN2C(=O)[C@H]2CC(=O)N(C(C)C)C2)no1. The minimum Gasteiger partial charge on any atom is -0.361 e. The summed E-state index contributed by atoms with van der Waals surface area (Å²) < 4.78 is 5.15. The smallest absolute Gasteiger partial charge is 0.228 e. The second-order valence-corrected chi connectivity index (χ2v) is 6.59. The third kappa shape index (κ3) is 2.62. The number of nitrogens with zero attached hydrogens (tertiary/aromatic N) is 3. The van der Waals surface area contributed by atoms with Crippen LogP contribution in [0.3, 0.4) is 0 Å². The Hall–Kier alpha value is -1.85. The highest BCUT2D eigenvalue weighted by atomic mass is 16.5. The molecule has 6 heteroatoms. The number of carbonyl (C=O) groups excluding carboxylic acids is 2. The van der Waals surface area contributed by atoms with Crippen LogP contribution in [0.2, 0.25) is 0 Å². The van der Waals surface area contributed by atoms with Gasteiger partial charge in [-0.1, -0.05) is 5.16 Å². The zero-order chi connectivity index (χ0) is 15.9. The van der Waals surface area contributed by atoms with Gasteiger partial charge in [0.1, 0.15) is 11.5 Å². The largest absolute Gasteiger partial charge is 0.361 e. The Morgan fingerprint density at radius 2 is 2.23 bits per heavy atom. The molecule has 2 saturated heterocycles. The van der Waals surface area contributed by atoms with E-state index in [0.29, 0.717) is 13.0 Å². The van der Waals surface area contributed by atoms with Crippen molar-refractivity contribution in [2.75, 3.05) is 13.1 Å². The topological polar surface area (TPSA) is 66.7 Å². The van der Waals surface area contributed by atoms with E-state index in [4.69, 9.17) is 4.52 Å². The van der Waals surface area contributed by atoms with E-state index in [2.05, 4.69) is 5.16 Å². The maximum Gasteiger partial charge on any atom is 0.228 e. The molecule has 2 aliphatic rings. The molecule has 0 aliphatic carbocycles. The van der Waals surface area contributed by atoms with Crippen LogP contribution in [0, 0.1) is 12.8 Å². The first-order chi connectivity index (χ1) is 10.5. The van der Waals surface area contributed by atoms with E-state index in [9.17, 15) is 9.59 Å². The third-order valence-corrected chi connectivity index (χ3v) is 4.65. The molecule has 0 radical (unpaired) electrons. The van der Waals surface area contributed by atoms with E-state index in [1.54, 1.807) is 4.90 Å². The molecule has 0 N–H and O–H groups in total. The quantitative estimate of drug-likeness (QED) is 0.855. The molecular formula is C16H23N3O3. The van der Waals surface area contributed by atoms with Crippen molar-refractivity contribution in [3.63, 3.8) is 0 Å². The van der Waals surface area contributed by atoms with E-state index in [1.807, 2.05) is 31.7 Å². The molecule has 1 aromatic heterocycles. The van der Waals surface area contributed by atoms with Gasteiger partial charge in [-0.15, -0.1) is 0 Å². The van der Waals surface area contributed by atoms with Crippen LogP contribution in [0.4, 0.5) is 0 Å². The standard InChI is InChI=1S/C16H23N3O3/c1-10(2)19-9-12(8-15(19)20)16(21)18-6-4-5-14(18)13-7-11(3)22-17-13/h7,10,12,14H,4-6,8-9H2,1-3H3/t12-,14+/m0/s1. The average Bonchev–Trinajstić information content (AvgIpc) is 3.16. The Morgan fingerprint density at radius 3 is 2.82 bits per heavy atom. The molecule has 1 aromatic rings. The van der Waals surface area contributed by atoms with Crippen LogP contribution >= 0.6 is 0 Å². The number of aryl methyl sites for hydroxylation is 1. The van der Waals surface area contributed by atoms with Gasteiger partial charge in [0, 0.05) is 31.6 Å². The summed E-state index contributed by atoms with van der Waals surface area (Å²) >= 11 is 0. The summed E-state index contributed by atoms with van der Waals surface area (Å²) in [6, 6.07) is 2.04. The van der Waals surface area contributed by atoms with Crippen molar-refractivity contribution in [3.8, 4) is 0 Å². The number of likely N-dealkylation sites (tertiary alicyclic amines) is 2. The lowest BCUT2D eigenvalue weighted by molar-refractivity contribution is -0.136. The molecular weight excluding hydrogens is 282 g/mol. The summed E-state index contributed by atoms with van der Waals surface area (Å²) in [5, 5.41) is 4.07. The van der Waals surface area contributed by atoms with Crippen LogP contribution in [0.1, 0.15) is 50.6 Å². The van der Waals surface area contributed by atoms with Gasteiger partial charge in [0.25, 0.3) is 0 Å². The Bertz CT molecular complexity index is 581. The van der Waals surface area contributed by atoms with Crippen molar-refractivity contribution >= 4 is 11.8 Å². The fraction of sp³-hybridized carbons (Fsp3) is 0.688. The maximum atomic E-state index is 12.8. The van der Waals surface area contributed by atoms with E-state index < -0.39 is 0 Å². The highest BCUT2D eigenvalue weighted by molar-refractivity contribution is 5.89. The maximum absolute atomic E-state index is 12.8. The first-order valence-corrected chi connectivity index (χ1v) is 8.00. The van der Waals surface area contributed by atoms with Gasteiger partial charge in [0.2, 0.25) is 11.8 Å². The number of hydrogen-bond acceptors (Lipinski definition) is 4. The predicted octanol–water partition coefficient (Wildman–Crippen LogP) is 1.90. The van der Waals surface area contributed by atoms with Crippen molar-refractivity contribution in [2.45, 2.75) is 52.1 Å². The molecule has 0 bridgehead atoms. The number of carbonyl (C=O) groups is 2. The van der Waals surface area contributed by atoms with Crippen LogP contribution in [0.15, 0.2) is 10.6 Å². The van der Waals surface area contributed by atoms with Gasteiger partial charge >= 0.3 is 0 Å². The molecule has 22 heavy (non-hydrogen) atoms. The van der Waals surface area contributed by atoms with Gasteiger partial charge < -0.3 is 14.3 Å². The molecule has 3 rings (SSSR count). The fourth-order valence-corrected chi connectivity index (χ4v) is 3.51. The Morgan fingerprint density at radius 1 is 1.45 bits per heavy atom. The fourth-order valence-electron chi connectivity index (χ4n) is 3.51. The zero-order valence-electron chi connectivity index (χ0n) is 13.4. The van der Waals surface area contributed by atoms with Crippen LogP contribution < -0.4 is 0 Å². The molecule has 0 saturated carbocycles. The summed E-state index contributed by atoms with van der Waals surface area (Å²) in [5.41, 5.74) is 0.827. The van der Waals surface area contributed by atoms with Crippen LogP contribution in [-0.2, 0) is 9.59 Å². The highest BCUT2D eigenvalue weighted by Crippen LogP contribution is 2.34. The monoisotopic (exact) mass is 305 g/mol. The minimum atomic E-state index is -0.219. The molecule has 2 atom stereocenters. The van der Waals surface area contributed by atoms with Gasteiger partial charge in [0.15, 0.2) is 0 Å². The predicted molar refractivity (Wildman–Crippen MR) is 79.9 cm³/mol. The number of rotatable bonds is 3. The van der Waals surface area contributed by atoms with E-state index in [1.165, 1.54) is 0 Å². The number of hydrogen-bond donors (Lipinski definition) is 0. The number of amides is 2. The lowest BCUT2D eigenvalue weighted by atomic mass is 10.1. The Kier molecular flexibility index (Phi) is 3.93. The summed E-state index contributed by atoms with van der Waals surface area (Å²) in [5.74, 6) is 0.709. The van der Waals surface area contributed by atoms with Crippen molar-refractivity contribution in [2.24, 2.45) is 5.92 Å². The van der Waals surface area contributed by atoms with Gasteiger partial charge in [-0.3, -0.25) is 9.59 Å². The van der Waals surface area contributed by atoms with Crippen molar-refractivity contribution in [1.29, 1.82) is 0 Å². The Labute approximate surface area is 130 Å². The van der Waals surface area contributed by atoms with Crippen molar-refractivity contribution in [3.05, 3.63) is 17.5 Å². The van der Waals surface area contributed by atoms with Crippen molar-refractivity contribution < 1.29 is 14.1 Å². The minimum absolute atomic E-state index is 0.00634. The molecule has 0 unspecified atom stereocenters. The lowest BCUT2D eigenvalue weighted by Crippen LogP contribution is -2.38. The normalized spacial score (nSPS) is 25.5. The molecule has 120 valence electrons. The molecule has 0 aromatic carbocycles. The summed E-state index contributed by atoms with van der Waals surface area (Å²) in [6.07, 6.45) is 2.21. The van der Waals surface area contributed by atoms with Gasteiger partial charge in [0.05, 0.1) is 12.0 Å². The summed E-state index contributed by atoms with van der Waals surface area (Å²) in [6.45, 7) is 7.11. The van der Waals surface area contributed by atoms with Gasteiger partial charge in [-0.25, -0.2) is 0 Å². The molecule has 2 aliphatic heterocycles. The summed E-state index contributed by atoms with van der Waals surface area (Å²) in [4.78, 5) is 28.6. The molecule has 3 heterocycles. The molecule has 6 nitrogen and oxygen atoms in total. The second kappa shape index (κ2) is 5.74. The van der Waals surface area contributed by atoms with Gasteiger partial charge in [-0.05, 0) is 33.6 Å². The molecule has 2 amide bonds. The highest BCUT2D eigenvalue weighted by Gasteiger charge is 2.41. The molecule has 2 fully saturated rings. The molecule has 0 spiro atoms. The van der Waals surface area contributed by atoms with Crippen LogP contribution in [-0.4, -0.2) is 45.9 Å². The van der Waals surface area contributed by atoms with Crippen LogP contribution in [0.25, 0.3) is 0 Å². The zero-order valence-corrected chi connectivity index (χ0v) is 13.4. The Balaban J connectivity index is 1.73. The first kappa shape index (κ1) is 15.1. The van der Waals surface area contributed by atoms with E-state index >= 15 is 0 Å².